The van der Waals surface area contributed by atoms with Gasteiger partial charge in [-0.3, -0.25) is 19.3 Å². The summed E-state index contributed by atoms with van der Waals surface area (Å²) < 4.78 is 5.80. The maximum Gasteiger partial charge on any atom is 0.246 e. The number of nitrogens with one attached hydrogen (secondary N) is 3. The molecule has 0 aromatic heterocycles. The molecule has 1 aliphatic carbocycles. The lowest BCUT2D eigenvalue weighted by Crippen LogP contribution is -2.66. The molecule has 0 unspecified atom stereocenters. The average molecular weight is 540 g/mol. The van der Waals surface area contributed by atoms with Gasteiger partial charge in [-0.1, -0.05) is 44.4 Å². The molecule has 3 amide bonds. The summed E-state index contributed by atoms with van der Waals surface area (Å²) in [6.07, 6.45) is 8.59. The lowest BCUT2D eigenvalue weighted by Gasteiger charge is -2.45. The van der Waals surface area contributed by atoms with Crippen LogP contribution in [-0.2, 0) is 14.4 Å². The van der Waals surface area contributed by atoms with Crippen LogP contribution in [0.4, 0.5) is 0 Å². The number of carbonyl (C=O) groups excluding carboxylic acids is 3. The molecule has 0 spiro atoms. The highest BCUT2D eigenvalue weighted by atomic mass is 16.5. The summed E-state index contributed by atoms with van der Waals surface area (Å²) in [5.74, 6) is 0.548. The van der Waals surface area contributed by atoms with Crippen molar-refractivity contribution in [3.8, 4) is 5.75 Å². The Morgan fingerprint density at radius 2 is 1.82 bits per heavy atom. The molecule has 39 heavy (non-hydrogen) atoms. The van der Waals surface area contributed by atoms with Crippen molar-refractivity contribution in [3.05, 3.63) is 29.8 Å². The van der Waals surface area contributed by atoms with Crippen molar-refractivity contribution in [2.24, 2.45) is 5.92 Å². The molecule has 4 aliphatic rings. The fraction of sp³-hybridized carbons (Fsp3) is 0.700. The first-order valence-corrected chi connectivity index (χ1v) is 15.0. The Hall–Kier alpha value is -2.65. The van der Waals surface area contributed by atoms with E-state index in [2.05, 4.69) is 20.9 Å². The van der Waals surface area contributed by atoms with Gasteiger partial charge in [0.05, 0.1) is 18.7 Å². The van der Waals surface area contributed by atoms with Gasteiger partial charge >= 0.3 is 0 Å². The van der Waals surface area contributed by atoms with E-state index >= 15 is 0 Å². The molecule has 214 valence electrons. The highest BCUT2D eigenvalue weighted by Gasteiger charge is 2.45. The van der Waals surface area contributed by atoms with Crippen molar-refractivity contribution < 1.29 is 19.1 Å². The van der Waals surface area contributed by atoms with Crippen LogP contribution in [0.3, 0.4) is 0 Å². The minimum Gasteiger partial charge on any atom is -0.493 e. The molecule has 1 saturated carbocycles. The third kappa shape index (κ3) is 6.09. The number of likely N-dealkylation sites (N-methyl/N-ethyl adjacent to an activating group) is 1. The predicted octanol–water partition coefficient (Wildman–Crippen LogP) is 2.36. The average Bonchev–Trinajstić information content (AvgIpc) is 3.44. The second-order valence-electron chi connectivity index (χ2n) is 11.7. The molecule has 9 heteroatoms. The highest BCUT2D eigenvalue weighted by Crippen LogP contribution is 2.33. The summed E-state index contributed by atoms with van der Waals surface area (Å²) in [5, 5.41) is 9.48. The lowest BCUT2D eigenvalue weighted by molar-refractivity contribution is -0.149. The summed E-state index contributed by atoms with van der Waals surface area (Å²) in [7, 11) is 1.78. The normalized spacial score (nSPS) is 27.0. The fourth-order valence-corrected chi connectivity index (χ4v) is 7.05. The third-order valence-corrected chi connectivity index (χ3v) is 9.31. The van der Waals surface area contributed by atoms with E-state index in [0.717, 1.165) is 62.8 Å². The molecule has 9 nitrogen and oxygen atoms in total. The van der Waals surface area contributed by atoms with Gasteiger partial charge in [-0.2, -0.15) is 0 Å². The minimum absolute atomic E-state index is 0.0947. The summed E-state index contributed by atoms with van der Waals surface area (Å²) in [5.41, 5.74) is 0.981. The highest BCUT2D eigenvalue weighted by molar-refractivity contribution is 5.93. The van der Waals surface area contributed by atoms with Crippen LogP contribution in [0.2, 0.25) is 0 Å². The van der Waals surface area contributed by atoms with E-state index in [9.17, 15) is 14.4 Å². The first-order valence-electron chi connectivity index (χ1n) is 15.0. The Morgan fingerprint density at radius 1 is 1.03 bits per heavy atom. The first-order chi connectivity index (χ1) is 19.0. The van der Waals surface area contributed by atoms with Gasteiger partial charge in [0, 0.05) is 31.1 Å². The van der Waals surface area contributed by atoms with Crippen LogP contribution in [0.25, 0.3) is 0 Å². The molecular formula is C30H45N5O4. The SMILES string of the molecule is CC[C@H](NC)C(=O)N[C@H](C(=O)N1C[C@H]2CCCN2C[C@H]1C(=O)N[C@@H]1CCOc2ccccc21)C1CCCCC1. The van der Waals surface area contributed by atoms with E-state index < -0.39 is 12.1 Å². The summed E-state index contributed by atoms with van der Waals surface area (Å²) in [6, 6.07) is 6.42. The van der Waals surface area contributed by atoms with Crippen molar-refractivity contribution >= 4 is 17.7 Å². The fourth-order valence-electron chi connectivity index (χ4n) is 7.05. The van der Waals surface area contributed by atoms with E-state index in [1.54, 1.807) is 7.05 Å². The molecule has 1 aromatic carbocycles. The van der Waals surface area contributed by atoms with Gasteiger partial charge in [0.15, 0.2) is 0 Å². The number of carbonyl (C=O) groups is 3. The molecule has 1 aromatic rings. The summed E-state index contributed by atoms with van der Waals surface area (Å²) in [4.78, 5) is 45.7. The smallest absolute Gasteiger partial charge is 0.246 e. The number of hydrogen-bond donors (Lipinski definition) is 3. The molecule has 2 saturated heterocycles. The molecule has 3 N–H and O–H groups in total. The van der Waals surface area contributed by atoms with E-state index in [-0.39, 0.29) is 41.8 Å². The number of rotatable bonds is 8. The zero-order valence-corrected chi connectivity index (χ0v) is 23.5. The first kappa shape index (κ1) is 27.9. The molecule has 3 heterocycles. The molecule has 5 rings (SSSR count). The monoisotopic (exact) mass is 539 g/mol. The van der Waals surface area contributed by atoms with Gasteiger partial charge in [-0.05, 0) is 57.7 Å². The summed E-state index contributed by atoms with van der Waals surface area (Å²) in [6.45, 7) is 4.53. The molecule has 0 bridgehead atoms. The van der Waals surface area contributed by atoms with Crippen LogP contribution in [0.1, 0.15) is 76.3 Å². The van der Waals surface area contributed by atoms with Crippen molar-refractivity contribution in [1.82, 2.24) is 25.8 Å². The van der Waals surface area contributed by atoms with Crippen LogP contribution < -0.4 is 20.7 Å². The zero-order valence-electron chi connectivity index (χ0n) is 23.5. The van der Waals surface area contributed by atoms with Gasteiger partial charge in [-0.15, -0.1) is 0 Å². The van der Waals surface area contributed by atoms with E-state index in [0.29, 0.717) is 32.5 Å². The van der Waals surface area contributed by atoms with Crippen LogP contribution in [-0.4, -0.2) is 85.0 Å². The van der Waals surface area contributed by atoms with Crippen molar-refractivity contribution in [1.29, 1.82) is 0 Å². The molecule has 5 atom stereocenters. The second kappa shape index (κ2) is 12.7. The van der Waals surface area contributed by atoms with Crippen LogP contribution in [0.15, 0.2) is 24.3 Å². The number of ether oxygens (including phenoxy) is 1. The number of amides is 3. The molecular weight excluding hydrogens is 494 g/mol. The zero-order chi connectivity index (χ0) is 27.4. The lowest BCUT2D eigenvalue weighted by atomic mass is 9.82. The van der Waals surface area contributed by atoms with Gasteiger partial charge in [0.2, 0.25) is 17.7 Å². The van der Waals surface area contributed by atoms with Crippen molar-refractivity contribution in [2.45, 2.75) is 94.9 Å². The number of nitrogens with zero attached hydrogens (tertiary/aromatic N) is 2. The topological polar surface area (TPSA) is 103 Å². The maximum atomic E-state index is 14.4. The van der Waals surface area contributed by atoms with Crippen LogP contribution in [0.5, 0.6) is 5.75 Å². The van der Waals surface area contributed by atoms with Crippen LogP contribution in [0, 0.1) is 5.92 Å². The Morgan fingerprint density at radius 3 is 2.59 bits per heavy atom. The molecule has 3 aliphatic heterocycles. The number of piperazine rings is 1. The second-order valence-corrected chi connectivity index (χ2v) is 11.7. The molecule has 3 fully saturated rings. The van der Waals surface area contributed by atoms with Gasteiger partial charge in [-0.25, -0.2) is 0 Å². The van der Waals surface area contributed by atoms with Gasteiger partial charge in [0.1, 0.15) is 17.8 Å². The summed E-state index contributed by atoms with van der Waals surface area (Å²) >= 11 is 0. The Balaban J connectivity index is 1.39. The van der Waals surface area contributed by atoms with E-state index in [1.807, 2.05) is 36.1 Å². The largest absolute Gasteiger partial charge is 0.493 e. The van der Waals surface area contributed by atoms with E-state index in [4.69, 9.17) is 4.74 Å². The molecule has 0 radical (unpaired) electrons. The number of fused-ring (bicyclic) bond motifs is 2. The van der Waals surface area contributed by atoms with Gasteiger partial charge in [0.25, 0.3) is 0 Å². The standard InChI is InChI=1S/C30H45N5O4/c1-3-23(31-2)28(36)33-27(20-10-5-4-6-11-20)30(38)35-18-21-12-9-16-34(21)19-25(35)29(37)32-24-15-17-39-26-14-8-7-13-22(24)26/h7-8,13-14,20-21,23-25,27,31H,3-6,9-12,15-19H2,1-2H3,(H,32,37)(H,33,36)/t21-,23+,24-,25+,27+/m1/s1. The van der Waals surface area contributed by atoms with Crippen LogP contribution >= 0.6 is 0 Å². The van der Waals surface area contributed by atoms with Gasteiger partial charge < -0.3 is 25.6 Å². The number of para-hydroxylation sites is 1. The van der Waals surface area contributed by atoms with E-state index in [1.165, 1.54) is 0 Å². The Bertz CT molecular complexity index is 1020. The predicted molar refractivity (Wildman–Crippen MR) is 149 cm³/mol. The quantitative estimate of drug-likeness (QED) is 0.469. The maximum absolute atomic E-state index is 14.4. The van der Waals surface area contributed by atoms with Crippen molar-refractivity contribution in [3.63, 3.8) is 0 Å². The third-order valence-electron chi connectivity index (χ3n) is 9.31. The Labute approximate surface area is 232 Å². The number of benzene rings is 1. The Kier molecular flexibility index (Phi) is 9.07. The number of hydrogen-bond acceptors (Lipinski definition) is 6. The van der Waals surface area contributed by atoms with Crippen molar-refractivity contribution in [2.75, 3.05) is 33.3 Å². The minimum atomic E-state index is -0.604.